The first-order chi connectivity index (χ1) is 13.5. The number of thioether (sulfide) groups is 1. The van der Waals surface area contributed by atoms with Crippen LogP contribution in [0, 0.1) is 13.8 Å². The number of ketones is 1. The highest BCUT2D eigenvalue weighted by atomic mass is 32.2. The van der Waals surface area contributed by atoms with Crippen molar-refractivity contribution in [1.29, 1.82) is 0 Å². The number of anilines is 1. The van der Waals surface area contributed by atoms with E-state index in [1.54, 1.807) is 44.2 Å². The van der Waals surface area contributed by atoms with E-state index in [2.05, 4.69) is 32.0 Å². The highest BCUT2D eigenvalue weighted by Gasteiger charge is 2.22. The molecule has 0 spiro atoms. The van der Waals surface area contributed by atoms with E-state index >= 15 is 0 Å². The first-order valence-electron chi connectivity index (χ1n) is 9.30. The maximum absolute atomic E-state index is 13.1. The van der Waals surface area contributed by atoms with Crippen LogP contribution in [0.4, 0.5) is 5.69 Å². The van der Waals surface area contributed by atoms with E-state index in [0.717, 1.165) is 40.7 Å². The van der Waals surface area contributed by atoms with Gasteiger partial charge in [-0.15, -0.1) is 0 Å². The fraction of sp³-hybridized carbons (Fsp3) is 0.364. The minimum absolute atomic E-state index is 0.00994. The number of Topliss-reactive ketones (excluding diaryl/α,β-unsaturated/α-hetero) is 1. The Hall–Kier alpha value is -2.47. The summed E-state index contributed by atoms with van der Waals surface area (Å²) in [5.41, 5.74) is 3.90. The molecule has 0 aliphatic carbocycles. The molecule has 3 rings (SSSR count). The Morgan fingerprint density at radius 3 is 2.57 bits per heavy atom. The Kier molecular flexibility index (Phi) is 6.62. The predicted molar refractivity (Wildman–Crippen MR) is 117 cm³/mol. The van der Waals surface area contributed by atoms with Crippen molar-refractivity contribution in [2.24, 2.45) is 4.99 Å². The number of carbonyl (C=O) groups is 1. The number of carbonyl (C=O) groups excluding carboxylic acids is 1. The standard InChI is InChI=1S/C22H26N2O3S/c1-15-6-7-16(2)18(12-15)24(22-23-10-5-11-28-22)14-19(25)17-8-9-20(26-3)21(13-17)27-4/h6-9,12-13H,5,10-11,14H2,1-4H3. The topological polar surface area (TPSA) is 51.1 Å². The number of hydrogen-bond acceptors (Lipinski definition) is 6. The summed E-state index contributed by atoms with van der Waals surface area (Å²) in [5.74, 6) is 2.19. The summed E-state index contributed by atoms with van der Waals surface area (Å²) >= 11 is 1.71. The van der Waals surface area contributed by atoms with E-state index in [0.29, 0.717) is 17.1 Å². The Bertz CT molecular complexity index is 895. The SMILES string of the molecule is COc1ccc(C(=O)CN(C2=NCCCS2)c2cc(C)ccc2C)cc1OC. The Morgan fingerprint density at radius 2 is 1.89 bits per heavy atom. The second kappa shape index (κ2) is 9.15. The number of benzene rings is 2. The zero-order valence-corrected chi connectivity index (χ0v) is 17.6. The molecule has 5 nitrogen and oxygen atoms in total. The number of aryl methyl sites for hydroxylation is 2. The molecule has 0 atom stereocenters. The summed E-state index contributed by atoms with van der Waals surface area (Å²) in [6.45, 7) is 5.16. The van der Waals surface area contributed by atoms with Crippen LogP contribution in [0.15, 0.2) is 41.4 Å². The van der Waals surface area contributed by atoms with Crippen LogP contribution < -0.4 is 14.4 Å². The van der Waals surface area contributed by atoms with E-state index in [1.807, 2.05) is 4.90 Å². The molecule has 0 aromatic heterocycles. The van der Waals surface area contributed by atoms with Crippen molar-refractivity contribution in [3.05, 3.63) is 53.1 Å². The molecule has 0 N–H and O–H groups in total. The van der Waals surface area contributed by atoms with Gasteiger partial charge in [-0.1, -0.05) is 23.9 Å². The largest absolute Gasteiger partial charge is 0.493 e. The minimum atomic E-state index is 0.00994. The van der Waals surface area contributed by atoms with Crippen molar-refractivity contribution < 1.29 is 14.3 Å². The van der Waals surface area contributed by atoms with Gasteiger partial charge in [0.1, 0.15) is 0 Å². The predicted octanol–water partition coefficient (Wildman–Crippen LogP) is 4.50. The van der Waals surface area contributed by atoms with Gasteiger partial charge < -0.3 is 14.4 Å². The maximum atomic E-state index is 13.1. The van der Waals surface area contributed by atoms with Crippen LogP contribution in [0.3, 0.4) is 0 Å². The van der Waals surface area contributed by atoms with Gasteiger partial charge in [-0.3, -0.25) is 9.79 Å². The molecule has 148 valence electrons. The fourth-order valence-corrected chi connectivity index (χ4v) is 4.08. The Balaban J connectivity index is 1.94. The van der Waals surface area contributed by atoms with Crippen LogP contribution >= 0.6 is 11.8 Å². The van der Waals surface area contributed by atoms with Gasteiger partial charge in [0.05, 0.1) is 20.8 Å². The molecule has 2 aromatic rings. The molecule has 1 aliphatic rings. The molecule has 0 radical (unpaired) electrons. The lowest BCUT2D eigenvalue weighted by atomic mass is 10.1. The number of nitrogens with zero attached hydrogens (tertiary/aromatic N) is 2. The molecule has 28 heavy (non-hydrogen) atoms. The Morgan fingerprint density at radius 1 is 1.11 bits per heavy atom. The number of rotatable bonds is 6. The summed E-state index contributed by atoms with van der Waals surface area (Å²) in [4.78, 5) is 19.9. The molecule has 1 heterocycles. The van der Waals surface area contributed by atoms with Crippen molar-refractivity contribution in [2.75, 3.05) is 38.0 Å². The van der Waals surface area contributed by atoms with Crippen LogP contribution in [0.25, 0.3) is 0 Å². The lowest BCUT2D eigenvalue weighted by Gasteiger charge is -2.28. The van der Waals surface area contributed by atoms with Gasteiger partial charge in [0.2, 0.25) is 0 Å². The number of amidine groups is 1. The van der Waals surface area contributed by atoms with Crippen molar-refractivity contribution in [3.8, 4) is 11.5 Å². The summed E-state index contributed by atoms with van der Waals surface area (Å²) in [5, 5.41) is 0.911. The summed E-state index contributed by atoms with van der Waals surface area (Å²) < 4.78 is 10.6. The number of aliphatic imine (C=N–C) groups is 1. The first kappa shape index (κ1) is 20.3. The van der Waals surface area contributed by atoms with Crippen LogP contribution in [-0.2, 0) is 0 Å². The monoisotopic (exact) mass is 398 g/mol. The van der Waals surface area contributed by atoms with E-state index in [-0.39, 0.29) is 12.3 Å². The van der Waals surface area contributed by atoms with Crippen LogP contribution in [0.2, 0.25) is 0 Å². The molecule has 2 aromatic carbocycles. The second-order valence-corrected chi connectivity index (χ2v) is 7.80. The third-order valence-electron chi connectivity index (χ3n) is 4.67. The zero-order valence-electron chi connectivity index (χ0n) is 16.8. The van der Waals surface area contributed by atoms with Gasteiger partial charge in [-0.05, 0) is 55.7 Å². The minimum Gasteiger partial charge on any atom is -0.493 e. The van der Waals surface area contributed by atoms with Crippen molar-refractivity contribution in [3.63, 3.8) is 0 Å². The second-order valence-electron chi connectivity index (χ2n) is 6.74. The average Bonchev–Trinajstić information content (AvgIpc) is 2.73. The van der Waals surface area contributed by atoms with Crippen molar-refractivity contribution in [1.82, 2.24) is 0 Å². The third-order valence-corrected chi connectivity index (χ3v) is 5.77. The molecule has 0 bridgehead atoms. The van der Waals surface area contributed by atoms with Gasteiger partial charge in [-0.25, -0.2) is 0 Å². The quantitative estimate of drug-likeness (QED) is 0.671. The normalized spacial score (nSPS) is 13.6. The number of ether oxygens (including phenoxy) is 2. The molecule has 6 heteroatoms. The lowest BCUT2D eigenvalue weighted by molar-refractivity contribution is 0.100. The van der Waals surface area contributed by atoms with Crippen molar-refractivity contribution >= 4 is 28.4 Å². The smallest absolute Gasteiger partial charge is 0.182 e. The van der Waals surface area contributed by atoms with E-state index < -0.39 is 0 Å². The molecular weight excluding hydrogens is 372 g/mol. The van der Waals surface area contributed by atoms with Gasteiger partial charge in [0.15, 0.2) is 22.4 Å². The molecule has 0 fully saturated rings. The maximum Gasteiger partial charge on any atom is 0.182 e. The van der Waals surface area contributed by atoms with Gasteiger partial charge in [0.25, 0.3) is 0 Å². The molecular formula is C22H26N2O3S. The van der Waals surface area contributed by atoms with Crippen molar-refractivity contribution in [2.45, 2.75) is 20.3 Å². The van der Waals surface area contributed by atoms with E-state index in [1.165, 1.54) is 0 Å². The number of hydrogen-bond donors (Lipinski definition) is 0. The van der Waals surface area contributed by atoms with Crippen LogP contribution in [0.1, 0.15) is 27.9 Å². The zero-order chi connectivity index (χ0) is 20.1. The van der Waals surface area contributed by atoms with E-state index in [9.17, 15) is 4.79 Å². The fourth-order valence-electron chi connectivity index (χ4n) is 3.12. The lowest BCUT2D eigenvalue weighted by Crippen LogP contribution is -2.36. The van der Waals surface area contributed by atoms with Gasteiger partial charge in [-0.2, -0.15) is 0 Å². The summed E-state index contributed by atoms with van der Waals surface area (Å²) in [6, 6.07) is 11.6. The van der Waals surface area contributed by atoms with Crippen LogP contribution in [-0.4, -0.2) is 44.0 Å². The highest BCUT2D eigenvalue weighted by molar-refractivity contribution is 8.14. The van der Waals surface area contributed by atoms with E-state index in [4.69, 9.17) is 14.5 Å². The molecule has 0 unspecified atom stereocenters. The average molecular weight is 399 g/mol. The van der Waals surface area contributed by atoms with Crippen LogP contribution in [0.5, 0.6) is 11.5 Å². The first-order valence-corrected chi connectivity index (χ1v) is 10.3. The molecule has 0 saturated carbocycles. The number of methoxy groups -OCH3 is 2. The highest BCUT2D eigenvalue weighted by Crippen LogP contribution is 2.30. The summed E-state index contributed by atoms with van der Waals surface area (Å²) in [6.07, 6.45) is 1.07. The molecule has 1 aliphatic heterocycles. The molecule has 0 saturated heterocycles. The molecule has 0 amide bonds. The van der Waals surface area contributed by atoms with Gasteiger partial charge >= 0.3 is 0 Å². The third kappa shape index (κ3) is 4.50. The van der Waals surface area contributed by atoms with Gasteiger partial charge in [0, 0.05) is 23.5 Å². The summed E-state index contributed by atoms with van der Waals surface area (Å²) in [7, 11) is 3.15. The Labute approximate surface area is 170 Å².